The summed E-state index contributed by atoms with van der Waals surface area (Å²) in [6.07, 6.45) is 0.734. The third kappa shape index (κ3) is 6.85. The third-order valence-corrected chi connectivity index (χ3v) is 6.26. The van der Waals surface area contributed by atoms with Gasteiger partial charge in [-0.15, -0.1) is 0 Å². The van der Waals surface area contributed by atoms with Gasteiger partial charge in [0.05, 0.1) is 11.4 Å². The fraction of sp³-hybridized carbons (Fsp3) is 0.333. The molecule has 0 spiro atoms. The summed E-state index contributed by atoms with van der Waals surface area (Å²) in [7, 11) is -0.466. The Kier molecular flexibility index (Phi) is 8.37. The van der Waals surface area contributed by atoms with Crippen LogP contribution in [0.25, 0.3) is 0 Å². The quantitative estimate of drug-likeness (QED) is 0.559. The van der Waals surface area contributed by atoms with E-state index in [0.717, 1.165) is 23.0 Å². The van der Waals surface area contributed by atoms with Crippen molar-refractivity contribution in [2.75, 3.05) is 43.9 Å². The average molecular weight is 433 g/mol. The minimum Gasteiger partial charge on any atom is -0.375 e. The van der Waals surface area contributed by atoms with Crippen LogP contribution < -0.4 is 15.5 Å². The molecule has 0 heterocycles. The van der Waals surface area contributed by atoms with Crippen molar-refractivity contribution in [2.45, 2.75) is 18.2 Å². The Bertz CT molecular complexity index is 947. The van der Waals surface area contributed by atoms with Crippen LogP contribution in [0.1, 0.15) is 13.3 Å². The first-order valence-corrected chi connectivity index (χ1v) is 11.0. The fourth-order valence-electron chi connectivity index (χ4n) is 2.79. The highest BCUT2D eigenvalue weighted by Gasteiger charge is 2.22. The van der Waals surface area contributed by atoms with Crippen LogP contribution >= 0.6 is 0 Å². The van der Waals surface area contributed by atoms with Crippen LogP contribution in [0.5, 0.6) is 0 Å². The zero-order valence-corrected chi connectivity index (χ0v) is 18.3. The topological polar surface area (TPSA) is 98.8 Å². The van der Waals surface area contributed by atoms with Gasteiger partial charge in [0.25, 0.3) is 0 Å². The summed E-state index contributed by atoms with van der Waals surface area (Å²) in [6.45, 7) is 2.31. The van der Waals surface area contributed by atoms with E-state index in [4.69, 9.17) is 0 Å². The number of nitrogens with one attached hydrogen (secondary N) is 2. The van der Waals surface area contributed by atoms with Gasteiger partial charge in [0.2, 0.25) is 21.8 Å². The fourth-order valence-corrected chi connectivity index (χ4v) is 3.92. The second-order valence-corrected chi connectivity index (χ2v) is 8.97. The van der Waals surface area contributed by atoms with E-state index in [1.807, 2.05) is 37.4 Å². The van der Waals surface area contributed by atoms with Crippen molar-refractivity contribution in [3.63, 3.8) is 0 Å². The van der Waals surface area contributed by atoms with E-state index in [1.54, 1.807) is 0 Å². The lowest BCUT2D eigenvalue weighted by molar-refractivity contribution is -0.121. The largest absolute Gasteiger partial charge is 0.375 e. The SMILES string of the molecule is CC(=O)Nc1ccc(S(=O)(=O)N(C)CC(=O)NCCCN(C)c2ccccc2)cc1. The molecule has 2 amide bonds. The second kappa shape index (κ2) is 10.7. The number of benzene rings is 2. The molecule has 0 radical (unpaired) electrons. The van der Waals surface area contributed by atoms with Gasteiger partial charge in [-0.2, -0.15) is 4.31 Å². The molecule has 30 heavy (non-hydrogen) atoms. The Morgan fingerprint density at radius 1 is 0.967 bits per heavy atom. The van der Waals surface area contributed by atoms with Crippen LogP contribution in [0.4, 0.5) is 11.4 Å². The number of para-hydroxylation sites is 1. The molecule has 0 fully saturated rings. The standard InChI is InChI=1S/C21H28N4O4S/c1-17(26)23-18-10-12-20(13-11-18)30(28,29)25(3)16-21(27)22-14-7-15-24(2)19-8-5-4-6-9-19/h4-6,8-13H,7,14-16H2,1-3H3,(H,22,27)(H,23,26). The van der Waals surface area contributed by atoms with Gasteiger partial charge in [-0.05, 0) is 42.8 Å². The number of carbonyl (C=O) groups excluding carboxylic acids is 2. The summed E-state index contributed by atoms with van der Waals surface area (Å²) in [6, 6.07) is 15.7. The van der Waals surface area contributed by atoms with E-state index in [-0.39, 0.29) is 23.3 Å². The number of likely N-dealkylation sites (N-methyl/N-ethyl adjacent to an activating group) is 1. The van der Waals surface area contributed by atoms with Crippen molar-refractivity contribution >= 4 is 33.2 Å². The molecule has 0 aliphatic rings. The molecule has 9 heteroatoms. The molecule has 0 atom stereocenters. The molecular weight excluding hydrogens is 404 g/mol. The summed E-state index contributed by atoms with van der Waals surface area (Å²) in [4.78, 5) is 25.3. The van der Waals surface area contributed by atoms with Gasteiger partial charge in [0.1, 0.15) is 0 Å². The number of sulfonamides is 1. The maximum Gasteiger partial charge on any atom is 0.243 e. The minimum absolute atomic E-state index is 0.0522. The van der Waals surface area contributed by atoms with Crippen molar-refractivity contribution in [3.8, 4) is 0 Å². The summed E-state index contributed by atoms with van der Waals surface area (Å²) >= 11 is 0. The molecule has 0 aliphatic carbocycles. The minimum atomic E-state index is -3.81. The van der Waals surface area contributed by atoms with E-state index in [2.05, 4.69) is 15.5 Å². The predicted molar refractivity (Wildman–Crippen MR) is 118 cm³/mol. The Labute approximate surface area is 177 Å². The summed E-state index contributed by atoms with van der Waals surface area (Å²) in [5.41, 5.74) is 1.60. The maximum atomic E-state index is 12.6. The summed E-state index contributed by atoms with van der Waals surface area (Å²) in [5, 5.41) is 5.33. The van der Waals surface area contributed by atoms with E-state index < -0.39 is 10.0 Å². The Hall–Kier alpha value is -2.91. The average Bonchev–Trinajstić information content (AvgIpc) is 2.71. The van der Waals surface area contributed by atoms with Gasteiger partial charge in [-0.3, -0.25) is 9.59 Å². The van der Waals surface area contributed by atoms with Gasteiger partial charge < -0.3 is 15.5 Å². The smallest absolute Gasteiger partial charge is 0.243 e. The highest BCUT2D eigenvalue weighted by Crippen LogP contribution is 2.17. The van der Waals surface area contributed by atoms with Crippen LogP contribution in [-0.2, 0) is 19.6 Å². The number of anilines is 2. The zero-order chi connectivity index (χ0) is 22.1. The molecule has 0 saturated heterocycles. The van der Waals surface area contributed by atoms with Gasteiger partial charge in [-0.1, -0.05) is 18.2 Å². The van der Waals surface area contributed by atoms with Gasteiger partial charge >= 0.3 is 0 Å². The number of hydrogen-bond acceptors (Lipinski definition) is 5. The van der Waals surface area contributed by atoms with Crippen LogP contribution in [0.2, 0.25) is 0 Å². The first-order valence-electron chi connectivity index (χ1n) is 9.57. The highest BCUT2D eigenvalue weighted by atomic mass is 32.2. The van der Waals surface area contributed by atoms with E-state index >= 15 is 0 Å². The molecule has 2 rings (SSSR count). The number of carbonyl (C=O) groups is 2. The molecule has 162 valence electrons. The van der Waals surface area contributed by atoms with Crippen molar-refractivity contribution in [1.29, 1.82) is 0 Å². The van der Waals surface area contributed by atoms with Crippen molar-refractivity contribution in [2.24, 2.45) is 0 Å². The van der Waals surface area contributed by atoms with Gasteiger partial charge in [0.15, 0.2) is 0 Å². The van der Waals surface area contributed by atoms with Crippen molar-refractivity contribution in [1.82, 2.24) is 9.62 Å². The normalized spacial score (nSPS) is 11.2. The monoisotopic (exact) mass is 432 g/mol. The molecule has 0 aliphatic heterocycles. The Morgan fingerprint density at radius 2 is 1.60 bits per heavy atom. The van der Waals surface area contributed by atoms with Crippen molar-refractivity contribution < 1.29 is 18.0 Å². The molecule has 0 bridgehead atoms. The van der Waals surface area contributed by atoms with Crippen LogP contribution in [0.3, 0.4) is 0 Å². The van der Waals surface area contributed by atoms with Crippen molar-refractivity contribution in [3.05, 3.63) is 54.6 Å². The zero-order valence-electron chi connectivity index (χ0n) is 17.5. The number of amides is 2. The van der Waals surface area contributed by atoms with E-state index in [0.29, 0.717) is 12.2 Å². The third-order valence-electron chi connectivity index (χ3n) is 4.44. The Balaban J connectivity index is 1.80. The van der Waals surface area contributed by atoms with E-state index in [1.165, 1.54) is 38.2 Å². The molecule has 2 N–H and O–H groups in total. The van der Waals surface area contributed by atoms with Gasteiger partial charge in [-0.25, -0.2) is 8.42 Å². The summed E-state index contributed by atoms with van der Waals surface area (Å²) < 4.78 is 26.3. The van der Waals surface area contributed by atoms with Crippen LogP contribution in [0, 0.1) is 0 Å². The Morgan fingerprint density at radius 3 is 2.20 bits per heavy atom. The lowest BCUT2D eigenvalue weighted by atomic mass is 10.3. The van der Waals surface area contributed by atoms with Gasteiger partial charge in [0, 0.05) is 45.5 Å². The maximum absolute atomic E-state index is 12.6. The molecule has 0 unspecified atom stereocenters. The second-order valence-electron chi connectivity index (χ2n) is 6.93. The first kappa shape index (κ1) is 23.4. The summed E-state index contributed by atoms with van der Waals surface area (Å²) in [5.74, 6) is -0.604. The molecule has 2 aromatic rings. The number of nitrogens with zero attached hydrogens (tertiary/aromatic N) is 2. The predicted octanol–water partition coefficient (Wildman–Crippen LogP) is 1.91. The van der Waals surface area contributed by atoms with Crippen LogP contribution in [-0.4, -0.2) is 58.3 Å². The van der Waals surface area contributed by atoms with E-state index in [9.17, 15) is 18.0 Å². The molecule has 0 saturated carbocycles. The number of rotatable bonds is 10. The van der Waals surface area contributed by atoms with Crippen LogP contribution in [0.15, 0.2) is 59.5 Å². The molecule has 0 aromatic heterocycles. The highest BCUT2D eigenvalue weighted by molar-refractivity contribution is 7.89. The molecule has 8 nitrogen and oxygen atoms in total. The lowest BCUT2D eigenvalue weighted by Gasteiger charge is -2.20. The number of hydrogen-bond donors (Lipinski definition) is 2. The first-order chi connectivity index (χ1) is 14.2. The lowest BCUT2D eigenvalue weighted by Crippen LogP contribution is -2.39. The molecular formula is C21H28N4O4S. The molecule has 2 aromatic carbocycles.